The minimum atomic E-state index is -4.35. The molecule has 1 rings (SSSR count). The van der Waals surface area contributed by atoms with Crippen molar-refractivity contribution in [1.29, 1.82) is 0 Å². The molecule has 3 atom stereocenters. The van der Waals surface area contributed by atoms with Gasteiger partial charge in [0, 0.05) is 6.04 Å². The molecule has 4 nitrogen and oxygen atoms in total. The van der Waals surface area contributed by atoms with Gasteiger partial charge in [0.15, 0.2) is 0 Å². The first-order valence-corrected chi connectivity index (χ1v) is 6.32. The summed E-state index contributed by atoms with van der Waals surface area (Å²) in [5.41, 5.74) is 0. The molecule has 2 amide bonds. The van der Waals surface area contributed by atoms with Gasteiger partial charge in [0.1, 0.15) is 6.04 Å². The molecule has 1 fully saturated rings. The highest BCUT2D eigenvalue weighted by atomic mass is 19.4. The number of nitrogens with zero attached hydrogens (tertiary/aromatic N) is 1. The number of alkyl halides is 3. The van der Waals surface area contributed by atoms with E-state index < -0.39 is 36.5 Å². The molecule has 7 heteroatoms. The molecule has 110 valence electrons. The van der Waals surface area contributed by atoms with Gasteiger partial charge in [-0.3, -0.25) is 9.59 Å². The van der Waals surface area contributed by atoms with Crippen LogP contribution in [0.15, 0.2) is 0 Å². The molecule has 0 aromatic carbocycles. The summed E-state index contributed by atoms with van der Waals surface area (Å²) in [6.07, 6.45) is -4.78. The lowest BCUT2D eigenvalue weighted by Crippen LogP contribution is -2.62. The van der Waals surface area contributed by atoms with E-state index in [9.17, 15) is 22.8 Å². The number of carbonyl (C=O) groups is 2. The van der Waals surface area contributed by atoms with Gasteiger partial charge < -0.3 is 10.2 Å². The second kappa shape index (κ2) is 5.79. The van der Waals surface area contributed by atoms with Crippen molar-refractivity contribution in [3.8, 4) is 0 Å². The second-order valence-electron chi connectivity index (χ2n) is 5.07. The zero-order valence-electron chi connectivity index (χ0n) is 11.3. The highest BCUT2D eigenvalue weighted by Crippen LogP contribution is 2.25. The molecule has 0 radical (unpaired) electrons. The average molecular weight is 280 g/mol. The number of amides is 2. The zero-order valence-corrected chi connectivity index (χ0v) is 11.3. The molecule has 1 heterocycles. The van der Waals surface area contributed by atoms with Crippen LogP contribution in [0.1, 0.15) is 33.6 Å². The van der Waals surface area contributed by atoms with E-state index in [1.165, 1.54) is 6.92 Å². The summed E-state index contributed by atoms with van der Waals surface area (Å²) in [6, 6.07) is -1.74. The van der Waals surface area contributed by atoms with Crippen LogP contribution in [0.2, 0.25) is 0 Å². The van der Waals surface area contributed by atoms with Gasteiger partial charge in [-0.05, 0) is 12.8 Å². The van der Waals surface area contributed by atoms with Crippen LogP contribution < -0.4 is 5.32 Å². The Labute approximate surface area is 110 Å². The highest BCUT2D eigenvalue weighted by molar-refractivity contribution is 5.95. The Bertz CT molecular complexity index is 357. The predicted octanol–water partition coefficient (Wildman–Crippen LogP) is 1.70. The highest BCUT2D eigenvalue weighted by Gasteiger charge is 2.40. The Hall–Kier alpha value is -1.27. The summed E-state index contributed by atoms with van der Waals surface area (Å²) >= 11 is 0. The molecule has 0 spiro atoms. The molecule has 0 bridgehead atoms. The largest absolute Gasteiger partial charge is 0.391 e. The first-order chi connectivity index (χ1) is 8.65. The molecule has 0 aliphatic carbocycles. The molecule has 1 aliphatic heterocycles. The monoisotopic (exact) mass is 280 g/mol. The van der Waals surface area contributed by atoms with Crippen molar-refractivity contribution < 1.29 is 22.8 Å². The number of rotatable bonds is 4. The van der Waals surface area contributed by atoms with E-state index >= 15 is 0 Å². The van der Waals surface area contributed by atoms with Crippen molar-refractivity contribution >= 4 is 11.8 Å². The summed E-state index contributed by atoms with van der Waals surface area (Å²) in [7, 11) is 0. The van der Waals surface area contributed by atoms with E-state index in [-0.39, 0.29) is 12.5 Å². The van der Waals surface area contributed by atoms with E-state index in [4.69, 9.17) is 0 Å². The first kappa shape index (κ1) is 15.8. The van der Waals surface area contributed by atoms with Gasteiger partial charge in [0.25, 0.3) is 0 Å². The zero-order chi connectivity index (χ0) is 14.8. The maximum Gasteiger partial charge on any atom is 0.391 e. The van der Waals surface area contributed by atoms with Crippen molar-refractivity contribution in [2.75, 3.05) is 6.54 Å². The quantitative estimate of drug-likeness (QED) is 0.852. The molecule has 1 aliphatic rings. The summed E-state index contributed by atoms with van der Waals surface area (Å²) in [4.78, 5) is 24.7. The molecular formula is C12H19F3N2O2. The number of hydrogen-bond donors (Lipinski definition) is 1. The molecule has 0 aromatic rings. The van der Waals surface area contributed by atoms with Crippen molar-refractivity contribution in [3.05, 3.63) is 0 Å². The molecule has 0 saturated carbocycles. The van der Waals surface area contributed by atoms with Crippen LogP contribution in [0.25, 0.3) is 0 Å². The van der Waals surface area contributed by atoms with Gasteiger partial charge in [-0.25, -0.2) is 0 Å². The Morgan fingerprint density at radius 3 is 2.42 bits per heavy atom. The Balaban J connectivity index is 2.82. The van der Waals surface area contributed by atoms with E-state index in [1.807, 2.05) is 6.92 Å². The third-order valence-electron chi connectivity index (χ3n) is 3.45. The second-order valence-corrected chi connectivity index (χ2v) is 5.07. The molecule has 1 saturated heterocycles. The van der Waals surface area contributed by atoms with Gasteiger partial charge in [-0.15, -0.1) is 0 Å². The van der Waals surface area contributed by atoms with Gasteiger partial charge in [0.2, 0.25) is 11.8 Å². The fourth-order valence-corrected chi connectivity index (χ4v) is 2.13. The van der Waals surface area contributed by atoms with Crippen LogP contribution in [0.5, 0.6) is 0 Å². The number of nitrogens with one attached hydrogen (secondary N) is 1. The Morgan fingerprint density at radius 1 is 1.37 bits per heavy atom. The summed E-state index contributed by atoms with van der Waals surface area (Å²) in [6.45, 7) is 4.67. The summed E-state index contributed by atoms with van der Waals surface area (Å²) in [5, 5.41) is 2.55. The minimum Gasteiger partial charge on any atom is -0.342 e. The summed E-state index contributed by atoms with van der Waals surface area (Å²) in [5.74, 6) is -0.929. The van der Waals surface area contributed by atoms with Crippen molar-refractivity contribution in [1.82, 2.24) is 10.2 Å². The van der Waals surface area contributed by atoms with Gasteiger partial charge >= 0.3 is 6.18 Å². The lowest BCUT2D eigenvalue weighted by Gasteiger charge is -2.38. The van der Waals surface area contributed by atoms with E-state index in [1.54, 1.807) is 6.92 Å². The molecular weight excluding hydrogens is 261 g/mol. The molecule has 19 heavy (non-hydrogen) atoms. The first-order valence-electron chi connectivity index (χ1n) is 6.32. The topological polar surface area (TPSA) is 49.4 Å². The van der Waals surface area contributed by atoms with Crippen LogP contribution >= 0.6 is 0 Å². The molecule has 3 unspecified atom stereocenters. The maximum atomic E-state index is 12.4. The van der Waals surface area contributed by atoms with Gasteiger partial charge in [0.05, 0.1) is 13.0 Å². The molecule has 0 aromatic heterocycles. The number of hydrogen-bond acceptors (Lipinski definition) is 2. The number of carbonyl (C=O) groups excluding carboxylic acids is 2. The number of halogens is 3. The van der Waals surface area contributed by atoms with Crippen LogP contribution in [0, 0.1) is 5.92 Å². The third-order valence-corrected chi connectivity index (χ3v) is 3.45. The fraction of sp³-hybridized carbons (Fsp3) is 0.833. The lowest BCUT2D eigenvalue weighted by atomic mass is 9.95. The summed E-state index contributed by atoms with van der Waals surface area (Å²) < 4.78 is 37.1. The SMILES string of the molecule is CCC(C)C1NC(=O)CN(C(C)CC(F)(F)F)C1=O. The van der Waals surface area contributed by atoms with E-state index in [2.05, 4.69) is 5.32 Å². The Kier molecular flexibility index (Phi) is 4.81. The smallest absolute Gasteiger partial charge is 0.342 e. The van der Waals surface area contributed by atoms with Crippen LogP contribution in [-0.4, -0.2) is 41.5 Å². The minimum absolute atomic E-state index is 0.0997. The Morgan fingerprint density at radius 2 is 1.95 bits per heavy atom. The number of piperazine rings is 1. The fourth-order valence-electron chi connectivity index (χ4n) is 2.13. The maximum absolute atomic E-state index is 12.4. The van der Waals surface area contributed by atoms with Crippen LogP contribution in [-0.2, 0) is 9.59 Å². The van der Waals surface area contributed by atoms with E-state index in [0.29, 0.717) is 6.42 Å². The van der Waals surface area contributed by atoms with Crippen molar-refractivity contribution in [2.24, 2.45) is 5.92 Å². The average Bonchev–Trinajstić information content (AvgIpc) is 2.28. The lowest BCUT2D eigenvalue weighted by molar-refractivity contribution is -0.161. The normalized spacial score (nSPS) is 24.1. The van der Waals surface area contributed by atoms with Crippen LogP contribution in [0.4, 0.5) is 13.2 Å². The molecule has 1 N–H and O–H groups in total. The standard InChI is InChI=1S/C12H19F3N2O2/c1-4-7(2)10-11(19)17(6-9(18)16-10)8(3)5-12(13,14)15/h7-8,10H,4-6H2,1-3H3,(H,16,18). The van der Waals surface area contributed by atoms with Gasteiger partial charge in [-0.1, -0.05) is 20.3 Å². The van der Waals surface area contributed by atoms with Crippen molar-refractivity contribution in [3.63, 3.8) is 0 Å². The van der Waals surface area contributed by atoms with Crippen molar-refractivity contribution in [2.45, 2.75) is 51.9 Å². The van der Waals surface area contributed by atoms with E-state index in [0.717, 1.165) is 4.90 Å². The predicted molar refractivity (Wildman–Crippen MR) is 63.2 cm³/mol. The van der Waals surface area contributed by atoms with Gasteiger partial charge in [-0.2, -0.15) is 13.2 Å². The van der Waals surface area contributed by atoms with Crippen LogP contribution in [0.3, 0.4) is 0 Å². The third kappa shape index (κ3) is 4.11.